The van der Waals surface area contributed by atoms with Crippen molar-refractivity contribution in [2.45, 2.75) is 17.2 Å². The summed E-state index contributed by atoms with van der Waals surface area (Å²) in [4.78, 5) is 4.99. The largest absolute Gasteiger partial charge is 0.338 e. The highest BCUT2D eigenvalue weighted by Gasteiger charge is 2.32. The summed E-state index contributed by atoms with van der Waals surface area (Å²) in [7, 11) is -3.28. The van der Waals surface area contributed by atoms with Crippen molar-refractivity contribution in [1.29, 1.82) is 0 Å². The molecule has 3 aromatic carbocycles. The normalized spacial score (nSPS) is 19.4. The fourth-order valence-corrected chi connectivity index (χ4v) is 3.79. The first-order chi connectivity index (χ1) is 13.4. The van der Waals surface area contributed by atoms with E-state index in [9.17, 15) is 12.8 Å². The Labute approximate surface area is 163 Å². The molecule has 1 aliphatic heterocycles. The average Bonchev–Trinajstić information content (AvgIpc) is 3.14. The fraction of sp³-hybridized carbons (Fsp3) is 0.136. The van der Waals surface area contributed by atoms with Crippen LogP contribution in [0.4, 0.5) is 4.39 Å². The zero-order valence-electron chi connectivity index (χ0n) is 15.1. The third kappa shape index (κ3) is 3.74. The monoisotopic (exact) mass is 395 g/mol. The number of ether oxygens (including phenoxy) is 1. The molecule has 0 amide bonds. The van der Waals surface area contributed by atoms with Gasteiger partial charge in [0.15, 0.2) is 16.1 Å². The van der Waals surface area contributed by atoms with Crippen LogP contribution in [0, 0.1) is 5.82 Å². The summed E-state index contributed by atoms with van der Waals surface area (Å²) in [5.74, 6) is -0.322. The molecule has 2 unspecified atom stereocenters. The van der Waals surface area contributed by atoms with Crippen molar-refractivity contribution in [2.24, 2.45) is 4.99 Å². The van der Waals surface area contributed by atoms with E-state index in [1.165, 1.54) is 18.4 Å². The number of halogens is 1. The van der Waals surface area contributed by atoms with Crippen LogP contribution >= 0.6 is 0 Å². The van der Waals surface area contributed by atoms with Crippen molar-refractivity contribution in [1.82, 2.24) is 0 Å². The molecule has 4 nitrogen and oxygen atoms in total. The van der Waals surface area contributed by atoms with E-state index in [1.807, 2.05) is 30.3 Å². The molecule has 0 aromatic heterocycles. The summed E-state index contributed by atoms with van der Waals surface area (Å²) in [6.45, 7) is 0. The van der Waals surface area contributed by atoms with Gasteiger partial charge >= 0.3 is 0 Å². The van der Waals surface area contributed by atoms with Gasteiger partial charge < -0.3 is 4.74 Å². The lowest BCUT2D eigenvalue weighted by Gasteiger charge is -2.16. The fourth-order valence-electron chi connectivity index (χ4n) is 3.16. The molecule has 1 heterocycles. The number of hydrogen-bond donors (Lipinski definition) is 0. The summed E-state index contributed by atoms with van der Waals surface area (Å²) in [5, 5.41) is 0. The molecule has 4 rings (SSSR count). The van der Waals surface area contributed by atoms with Crippen molar-refractivity contribution in [2.75, 3.05) is 6.26 Å². The van der Waals surface area contributed by atoms with Gasteiger partial charge in [0, 0.05) is 11.8 Å². The Morgan fingerprint density at radius 3 is 2.11 bits per heavy atom. The highest BCUT2D eigenvalue weighted by Crippen LogP contribution is 2.38. The van der Waals surface area contributed by atoms with Gasteiger partial charge in [-0.15, -0.1) is 0 Å². The molecule has 0 saturated heterocycles. The number of rotatable bonds is 4. The van der Waals surface area contributed by atoms with Crippen molar-refractivity contribution in [3.05, 3.63) is 101 Å². The minimum atomic E-state index is -3.28. The third-order valence-electron chi connectivity index (χ3n) is 4.61. The van der Waals surface area contributed by atoms with Crippen LogP contribution in [0.5, 0.6) is 0 Å². The molecule has 3 aromatic rings. The summed E-state index contributed by atoms with van der Waals surface area (Å²) >= 11 is 0. The first kappa shape index (κ1) is 18.5. The van der Waals surface area contributed by atoms with Gasteiger partial charge in [-0.1, -0.05) is 54.6 Å². The van der Waals surface area contributed by atoms with Crippen LogP contribution in [0.2, 0.25) is 0 Å². The van der Waals surface area contributed by atoms with Crippen LogP contribution in [0.15, 0.2) is 88.8 Å². The minimum Gasteiger partial charge on any atom is -0.338 e. The Balaban J connectivity index is 1.74. The van der Waals surface area contributed by atoms with Crippen molar-refractivity contribution < 1.29 is 17.5 Å². The van der Waals surface area contributed by atoms with Crippen molar-refractivity contribution >= 4 is 15.5 Å². The van der Waals surface area contributed by atoms with E-state index in [0.29, 0.717) is 5.71 Å². The number of aliphatic imine (C=N–C) groups is 1. The lowest BCUT2D eigenvalue weighted by molar-refractivity contribution is 0.0496. The Morgan fingerprint density at radius 1 is 0.857 bits per heavy atom. The summed E-state index contributed by atoms with van der Waals surface area (Å²) in [6, 6.07) is 22.3. The molecule has 0 N–H and O–H groups in total. The van der Waals surface area contributed by atoms with Crippen molar-refractivity contribution in [3.8, 4) is 0 Å². The predicted molar refractivity (Wildman–Crippen MR) is 105 cm³/mol. The lowest BCUT2D eigenvalue weighted by Crippen LogP contribution is -2.12. The van der Waals surface area contributed by atoms with Gasteiger partial charge in [-0.25, -0.2) is 12.8 Å². The second kappa shape index (κ2) is 7.30. The van der Waals surface area contributed by atoms with Gasteiger partial charge in [0.1, 0.15) is 11.9 Å². The van der Waals surface area contributed by atoms with Crippen LogP contribution in [0.3, 0.4) is 0 Å². The maximum Gasteiger partial charge on any atom is 0.175 e. The van der Waals surface area contributed by atoms with Gasteiger partial charge in [0.25, 0.3) is 0 Å². The van der Waals surface area contributed by atoms with E-state index >= 15 is 0 Å². The predicted octanol–water partition coefficient (Wildman–Crippen LogP) is 4.49. The highest BCUT2D eigenvalue weighted by atomic mass is 32.2. The summed E-state index contributed by atoms with van der Waals surface area (Å²) in [6.07, 6.45) is 0.204. The summed E-state index contributed by atoms with van der Waals surface area (Å²) in [5.41, 5.74) is 3.14. The highest BCUT2D eigenvalue weighted by molar-refractivity contribution is 7.90. The van der Waals surface area contributed by atoms with Crippen LogP contribution < -0.4 is 0 Å². The molecule has 2 atom stereocenters. The van der Waals surface area contributed by atoms with Gasteiger partial charge in [-0.3, -0.25) is 4.99 Å². The number of sulfone groups is 1. The maximum absolute atomic E-state index is 13.4. The number of benzene rings is 3. The first-order valence-electron chi connectivity index (χ1n) is 8.76. The molecule has 142 valence electrons. The molecule has 0 bridgehead atoms. The average molecular weight is 395 g/mol. The zero-order valence-corrected chi connectivity index (χ0v) is 15.9. The van der Waals surface area contributed by atoms with E-state index < -0.39 is 22.2 Å². The van der Waals surface area contributed by atoms with Crippen LogP contribution in [0.1, 0.15) is 29.0 Å². The van der Waals surface area contributed by atoms with E-state index in [4.69, 9.17) is 9.73 Å². The molecule has 0 spiro atoms. The molecule has 0 aliphatic carbocycles. The maximum atomic E-state index is 13.4. The summed E-state index contributed by atoms with van der Waals surface area (Å²) < 4.78 is 43.0. The van der Waals surface area contributed by atoms with Gasteiger partial charge in [0.05, 0.1) is 10.6 Å². The van der Waals surface area contributed by atoms with E-state index in [-0.39, 0.29) is 10.7 Å². The van der Waals surface area contributed by atoms with Crippen molar-refractivity contribution in [3.63, 3.8) is 0 Å². The molecular weight excluding hydrogens is 377 g/mol. The molecule has 0 saturated carbocycles. The SMILES string of the molecule is CS(=O)(=O)c1ccc(C2OC(c3ccccc3)N=C2c2ccc(F)cc2)cc1. The zero-order chi connectivity index (χ0) is 19.7. The molecule has 1 aliphatic rings. The van der Waals surface area contributed by atoms with Crippen LogP contribution in [-0.2, 0) is 14.6 Å². The van der Waals surface area contributed by atoms with E-state index in [2.05, 4.69) is 0 Å². The standard InChI is InChI=1S/C22H18FNO3S/c1-28(25,26)19-13-9-16(10-14-19)21-20(15-7-11-18(23)12-8-15)24-22(27-21)17-5-3-2-4-6-17/h2-14,21-22H,1H3. The van der Waals surface area contributed by atoms with Gasteiger partial charge in [-0.05, 0) is 35.4 Å². The van der Waals surface area contributed by atoms with E-state index in [1.54, 1.807) is 36.4 Å². The van der Waals surface area contributed by atoms with Crippen LogP contribution in [-0.4, -0.2) is 20.4 Å². The second-order valence-corrected chi connectivity index (χ2v) is 8.66. The topological polar surface area (TPSA) is 55.7 Å². The smallest absolute Gasteiger partial charge is 0.175 e. The van der Waals surface area contributed by atoms with Gasteiger partial charge in [-0.2, -0.15) is 0 Å². The quantitative estimate of drug-likeness (QED) is 0.654. The van der Waals surface area contributed by atoms with Crippen LogP contribution in [0.25, 0.3) is 0 Å². The Kier molecular flexibility index (Phi) is 4.83. The lowest BCUT2D eigenvalue weighted by atomic mass is 9.99. The van der Waals surface area contributed by atoms with Gasteiger partial charge in [0.2, 0.25) is 0 Å². The second-order valence-electron chi connectivity index (χ2n) is 6.64. The minimum absolute atomic E-state index is 0.245. The first-order valence-corrected chi connectivity index (χ1v) is 10.6. The third-order valence-corrected chi connectivity index (χ3v) is 5.73. The Bertz CT molecular complexity index is 1110. The molecule has 6 heteroatoms. The van der Waals surface area contributed by atoms with E-state index in [0.717, 1.165) is 16.7 Å². The molecule has 0 radical (unpaired) electrons. The number of hydrogen-bond acceptors (Lipinski definition) is 4. The Morgan fingerprint density at radius 2 is 1.50 bits per heavy atom. The number of nitrogens with zero attached hydrogens (tertiary/aromatic N) is 1. The molecule has 0 fully saturated rings. The molecular formula is C22H18FNO3S. The molecule has 28 heavy (non-hydrogen) atoms. The Hall–Kier alpha value is -2.83.